The van der Waals surface area contributed by atoms with Gasteiger partial charge >= 0.3 is 6.09 Å². The maximum absolute atomic E-state index is 13.0. The van der Waals surface area contributed by atoms with E-state index in [4.69, 9.17) is 9.47 Å². The largest absolute Gasteiger partial charge is 0.492 e. The van der Waals surface area contributed by atoms with Gasteiger partial charge in [0, 0.05) is 36.9 Å². The number of thiophene rings is 1. The molecule has 3 aromatic rings. The number of anilines is 2. The van der Waals surface area contributed by atoms with Crippen LogP contribution in [0.2, 0.25) is 0 Å². The van der Waals surface area contributed by atoms with Crippen molar-refractivity contribution in [1.29, 1.82) is 0 Å². The first kappa shape index (κ1) is 28.6. The molecule has 1 fully saturated rings. The molecular formula is C28H38N6O4S. The summed E-state index contributed by atoms with van der Waals surface area (Å²) in [6, 6.07) is 8.01. The predicted octanol–water partition coefficient (Wildman–Crippen LogP) is 4.44. The lowest BCUT2D eigenvalue weighted by atomic mass is 10.1. The van der Waals surface area contributed by atoms with E-state index in [1.165, 1.54) is 0 Å². The number of benzene rings is 1. The molecular weight excluding hydrogens is 516 g/mol. The van der Waals surface area contributed by atoms with Gasteiger partial charge in [0.1, 0.15) is 34.9 Å². The highest BCUT2D eigenvalue weighted by Crippen LogP contribution is 2.31. The SMILES string of the molecule is Cc1ccc(OCCNC(=O)OC(C)(C)C)cc1NC(=O)CN1CC(C)N(c2ncnc3sccc23)C(C)C1. The van der Waals surface area contributed by atoms with Gasteiger partial charge in [-0.15, -0.1) is 11.3 Å². The van der Waals surface area contributed by atoms with Gasteiger partial charge in [-0.1, -0.05) is 6.07 Å². The number of rotatable bonds is 8. The second-order valence-electron chi connectivity index (χ2n) is 10.9. The van der Waals surface area contributed by atoms with Crippen LogP contribution in [0.3, 0.4) is 0 Å². The Bertz CT molecular complexity index is 1290. The predicted molar refractivity (Wildman–Crippen MR) is 155 cm³/mol. The summed E-state index contributed by atoms with van der Waals surface area (Å²) in [6.07, 6.45) is 1.15. The lowest BCUT2D eigenvalue weighted by molar-refractivity contribution is -0.117. The number of aryl methyl sites for hydroxylation is 1. The van der Waals surface area contributed by atoms with Crippen LogP contribution in [0.5, 0.6) is 5.75 Å². The summed E-state index contributed by atoms with van der Waals surface area (Å²) in [5.74, 6) is 1.50. The molecule has 4 rings (SSSR count). The first-order chi connectivity index (χ1) is 18.5. The van der Waals surface area contributed by atoms with Gasteiger partial charge in [0.2, 0.25) is 5.91 Å². The van der Waals surface area contributed by atoms with Crippen molar-refractivity contribution < 1.29 is 19.1 Å². The molecule has 210 valence electrons. The number of amides is 2. The Kier molecular flexibility index (Phi) is 8.91. The maximum Gasteiger partial charge on any atom is 0.407 e. The van der Waals surface area contributed by atoms with E-state index in [2.05, 4.69) is 50.3 Å². The smallest absolute Gasteiger partial charge is 0.407 e. The van der Waals surface area contributed by atoms with Crippen molar-refractivity contribution in [1.82, 2.24) is 20.2 Å². The van der Waals surface area contributed by atoms with Crippen LogP contribution in [0.1, 0.15) is 40.2 Å². The molecule has 2 aromatic heterocycles. The third kappa shape index (κ3) is 7.57. The molecule has 0 spiro atoms. The van der Waals surface area contributed by atoms with E-state index in [-0.39, 0.29) is 24.6 Å². The molecule has 11 heteroatoms. The quantitative estimate of drug-likeness (QED) is 0.394. The monoisotopic (exact) mass is 554 g/mol. The summed E-state index contributed by atoms with van der Waals surface area (Å²) >= 11 is 1.62. The van der Waals surface area contributed by atoms with E-state index < -0.39 is 11.7 Å². The molecule has 39 heavy (non-hydrogen) atoms. The van der Waals surface area contributed by atoms with Crippen LogP contribution in [0.15, 0.2) is 36.0 Å². The summed E-state index contributed by atoms with van der Waals surface area (Å²) in [5.41, 5.74) is 1.10. The second-order valence-corrected chi connectivity index (χ2v) is 11.8. The molecule has 2 unspecified atom stereocenters. The van der Waals surface area contributed by atoms with Crippen LogP contribution in [0, 0.1) is 6.92 Å². The lowest BCUT2D eigenvalue weighted by Gasteiger charge is -2.45. The molecule has 1 aliphatic rings. The van der Waals surface area contributed by atoms with E-state index in [1.807, 2.05) is 51.3 Å². The minimum atomic E-state index is -0.549. The third-order valence-electron chi connectivity index (χ3n) is 6.37. The molecule has 0 aliphatic carbocycles. The normalized spacial score (nSPS) is 18.2. The number of hydrogen-bond acceptors (Lipinski definition) is 9. The highest BCUT2D eigenvalue weighted by Gasteiger charge is 2.32. The fourth-order valence-electron chi connectivity index (χ4n) is 4.82. The molecule has 3 heterocycles. The molecule has 2 atom stereocenters. The number of hydrogen-bond donors (Lipinski definition) is 2. The lowest BCUT2D eigenvalue weighted by Crippen LogP contribution is -2.58. The van der Waals surface area contributed by atoms with Crippen molar-refractivity contribution >= 4 is 45.1 Å². The molecule has 10 nitrogen and oxygen atoms in total. The second kappa shape index (κ2) is 12.2. The van der Waals surface area contributed by atoms with E-state index in [0.29, 0.717) is 24.5 Å². The molecule has 1 aliphatic heterocycles. The summed E-state index contributed by atoms with van der Waals surface area (Å²) in [6.45, 7) is 14.1. The van der Waals surface area contributed by atoms with Crippen molar-refractivity contribution in [2.75, 3.05) is 43.0 Å². The Labute approximate surface area is 233 Å². The van der Waals surface area contributed by atoms with Crippen molar-refractivity contribution in [2.45, 2.75) is 59.2 Å². The summed E-state index contributed by atoms with van der Waals surface area (Å²) in [7, 11) is 0. The fraction of sp³-hybridized carbons (Fsp3) is 0.500. The van der Waals surface area contributed by atoms with Gasteiger partial charge in [0.15, 0.2) is 0 Å². The Morgan fingerprint density at radius 3 is 2.59 bits per heavy atom. The maximum atomic E-state index is 13.0. The number of carbonyl (C=O) groups excluding carboxylic acids is 2. The average Bonchev–Trinajstić information content (AvgIpc) is 3.32. The van der Waals surface area contributed by atoms with Gasteiger partial charge in [-0.3, -0.25) is 9.69 Å². The fourth-order valence-corrected chi connectivity index (χ4v) is 5.54. The Morgan fingerprint density at radius 2 is 1.87 bits per heavy atom. The zero-order chi connectivity index (χ0) is 28.2. The molecule has 2 amide bonds. The number of aromatic nitrogens is 2. The van der Waals surface area contributed by atoms with Gasteiger partial charge < -0.3 is 25.0 Å². The summed E-state index contributed by atoms with van der Waals surface area (Å²) in [4.78, 5) is 39.3. The van der Waals surface area contributed by atoms with Crippen molar-refractivity contribution in [3.05, 3.63) is 41.5 Å². The van der Waals surface area contributed by atoms with Gasteiger partial charge in [0.25, 0.3) is 0 Å². The Morgan fingerprint density at radius 1 is 1.13 bits per heavy atom. The minimum Gasteiger partial charge on any atom is -0.492 e. The Balaban J connectivity index is 1.29. The highest BCUT2D eigenvalue weighted by molar-refractivity contribution is 7.16. The van der Waals surface area contributed by atoms with Crippen LogP contribution in [-0.2, 0) is 9.53 Å². The average molecular weight is 555 g/mol. The number of carbonyl (C=O) groups is 2. The number of piperazine rings is 1. The van der Waals surface area contributed by atoms with Crippen LogP contribution < -0.4 is 20.3 Å². The van der Waals surface area contributed by atoms with E-state index in [9.17, 15) is 9.59 Å². The molecule has 1 aromatic carbocycles. The van der Waals surface area contributed by atoms with Crippen LogP contribution in [0.4, 0.5) is 16.3 Å². The van der Waals surface area contributed by atoms with Crippen molar-refractivity contribution in [3.63, 3.8) is 0 Å². The van der Waals surface area contributed by atoms with Crippen molar-refractivity contribution in [3.8, 4) is 5.75 Å². The van der Waals surface area contributed by atoms with Gasteiger partial charge in [-0.05, 0) is 64.6 Å². The standard InChI is InChI=1S/C28H38N6O4S/c1-18-7-8-21(37-11-10-29-27(36)38-28(4,5)6)13-23(18)32-24(35)16-33-14-19(2)34(20(3)15-33)25-22-9-12-39-26(22)31-17-30-25/h7-9,12-13,17,19-20H,10-11,14-16H2,1-6H3,(H,29,36)(H,32,35). The van der Waals surface area contributed by atoms with Gasteiger partial charge in [-0.2, -0.15) is 0 Å². The first-order valence-electron chi connectivity index (χ1n) is 13.2. The molecule has 0 bridgehead atoms. The third-order valence-corrected chi connectivity index (χ3v) is 7.19. The van der Waals surface area contributed by atoms with Crippen LogP contribution in [-0.4, -0.2) is 77.3 Å². The first-order valence-corrected chi connectivity index (χ1v) is 14.1. The van der Waals surface area contributed by atoms with E-state index in [1.54, 1.807) is 17.7 Å². The van der Waals surface area contributed by atoms with Crippen LogP contribution >= 0.6 is 11.3 Å². The Hall–Kier alpha value is -3.44. The van der Waals surface area contributed by atoms with Gasteiger partial charge in [-0.25, -0.2) is 14.8 Å². The van der Waals surface area contributed by atoms with Gasteiger partial charge in [0.05, 0.1) is 18.5 Å². The number of nitrogens with one attached hydrogen (secondary N) is 2. The minimum absolute atomic E-state index is 0.0723. The summed E-state index contributed by atoms with van der Waals surface area (Å²) < 4.78 is 11.0. The molecule has 0 saturated carbocycles. The van der Waals surface area contributed by atoms with Crippen LogP contribution in [0.25, 0.3) is 10.2 Å². The topological polar surface area (TPSA) is 109 Å². The molecule has 1 saturated heterocycles. The van der Waals surface area contributed by atoms with E-state index >= 15 is 0 Å². The zero-order valence-corrected chi connectivity index (χ0v) is 24.3. The van der Waals surface area contributed by atoms with Crippen molar-refractivity contribution in [2.24, 2.45) is 0 Å². The highest BCUT2D eigenvalue weighted by atomic mass is 32.1. The number of alkyl carbamates (subject to hydrolysis) is 1. The number of nitrogens with zero attached hydrogens (tertiary/aromatic N) is 4. The van der Waals surface area contributed by atoms with E-state index in [0.717, 1.165) is 34.7 Å². The number of ether oxygens (including phenoxy) is 2. The zero-order valence-electron chi connectivity index (χ0n) is 23.5. The summed E-state index contributed by atoms with van der Waals surface area (Å²) in [5, 5.41) is 8.83. The molecule has 2 N–H and O–H groups in total. The number of fused-ring (bicyclic) bond motifs is 1. The molecule has 0 radical (unpaired) electrons.